The van der Waals surface area contributed by atoms with Crippen LogP contribution in [0.3, 0.4) is 0 Å². The molecule has 0 radical (unpaired) electrons. The Kier molecular flexibility index (Phi) is 6.22. The molecule has 4 rings (SSSR count). The van der Waals surface area contributed by atoms with Crippen LogP contribution in [0.5, 0.6) is 0 Å². The van der Waals surface area contributed by atoms with E-state index < -0.39 is 6.10 Å². The lowest BCUT2D eigenvalue weighted by Gasteiger charge is -2.62. The number of aliphatic hydroxyl groups excluding tert-OH is 1. The smallest absolute Gasteiger partial charge is 0.220 e. The predicted molar refractivity (Wildman–Crippen MR) is 114 cm³/mol. The van der Waals surface area contributed by atoms with E-state index in [4.69, 9.17) is 15.2 Å². The van der Waals surface area contributed by atoms with Gasteiger partial charge in [0.25, 0.3) is 0 Å². The van der Waals surface area contributed by atoms with Gasteiger partial charge >= 0.3 is 0 Å². The molecular formula is C24H36N2O4. The number of nitrogens with two attached hydrogens (primary N) is 1. The lowest BCUT2D eigenvalue weighted by Crippen LogP contribution is -2.63. The number of carbonyl (C=O) groups excluding carboxylic acids is 1. The number of hydrogen-bond acceptors (Lipinski definition) is 5. The first kappa shape index (κ1) is 21.8. The molecule has 3 aliphatic rings. The second kappa shape index (κ2) is 8.58. The van der Waals surface area contributed by atoms with Crippen molar-refractivity contribution < 1.29 is 19.4 Å². The summed E-state index contributed by atoms with van der Waals surface area (Å²) in [6, 6.07) is 9.93. The van der Waals surface area contributed by atoms with E-state index in [1.807, 2.05) is 30.3 Å². The Balaban J connectivity index is 1.47. The Bertz CT molecular complexity index is 744. The van der Waals surface area contributed by atoms with Crippen LogP contribution < -0.4 is 11.1 Å². The molecule has 6 nitrogen and oxygen atoms in total. The van der Waals surface area contributed by atoms with Gasteiger partial charge < -0.3 is 25.6 Å². The third-order valence-corrected chi connectivity index (χ3v) is 8.16. The first-order chi connectivity index (χ1) is 14.4. The Morgan fingerprint density at radius 2 is 1.97 bits per heavy atom. The molecule has 0 aromatic heterocycles. The molecule has 1 heterocycles. The zero-order valence-corrected chi connectivity index (χ0v) is 18.2. The predicted octanol–water partition coefficient (Wildman–Crippen LogP) is 2.59. The van der Waals surface area contributed by atoms with Crippen LogP contribution in [0.2, 0.25) is 0 Å². The van der Waals surface area contributed by atoms with E-state index in [2.05, 4.69) is 19.2 Å². The summed E-state index contributed by atoms with van der Waals surface area (Å²) >= 11 is 0. The maximum absolute atomic E-state index is 12.8. The molecule has 0 spiro atoms. The second-order valence-electron chi connectivity index (χ2n) is 9.92. The van der Waals surface area contributed by atoms with Gasteiger partial charge in [-0.25, -0.2) is 0 Å². The van der Waals surface area contributed by atoms with Gasteiger partial charge in [0, 0.05) is 24.9 Å². The fourth-order valence-electron chi connectivity index (χ4n) is 6.48. The van der Waals surface area contributed by atoms with E-state index in [-0.39, 0.29) is 35.0 Å². The minimum Gasteiger partial charge on any atom is -0.393 e. The molecule has 166 valence electrons. The van der Waals surface area contributed by atoms with Gasteiger partial charge in [0.2, 0.25) is 5.91 Å². The monoisotopic (exact) mass is 416 g/mol. The van der Waals surface area contributed by atoms with E-state index in [0.717, 1.165) is 31.2 Å². The molecule has 6 heteroatoms. The first-order valence-corrected chi connectivity index (χ1v) is 11.3. The van der Waals surface area contributed by atoms with Gasteiger partial charge in [-0.2, -0.15) is 0 Å². The summed E-state index contributed by atoms with van der Waals surface area (Å²) in [4.78, 5) is 12.8. The normalized spacial score (nSPS) is 40.9. The SMILES string of the molecule is CC12COC(CN)OC1CCC1(C)C(CC(=O)NCc3ccccc3)C(O)CCC21. The third kappa shape index (κ3) is 3.91. The van der Waals surface area contributed by atoms with Gasteiger partial charge in [0.05, 0.1) is 18.8 Å². The summed E-state index contributed by atoms with van der Waals surface area (Å²) in [6.45, 7) is 6.05. The largest absolute Gasteiger partial charge is 0.393 e. The van der Waals surface area contributed by atoms with E-state index in [0.29, 0.717) is 32.0 Å². The minimum absolute atomic E-state index is 0.0106. The average Bonchev–Trinajstić information content (AvgIpc) is 2.75. The Morgan fingerprint density at radius 3 is 2.70 bits per heavy atom. The van der Waals surface area contributed by atoms with Crippen molar-refractivity contribution in [2.45, 2.75) is 71.0 Å². The van der Waals surface area contributed by atoms with E-state index in [1.165, 1.54) is 0 Å². The van der Waals surface area contributed by atoms with Crippen molar-refractivity contribution in [1.82, 2.24) is 5.32 Å². The number of rotatable bonds is 5. The van der Waals surface area contributed by atoms with Crippen LogP contribution >= 0.6 is 0 Å². The Labute approximate surface area is 179 Å². The lowest BCUT2D eigenvalue weighted by molar-refractivity contribution is -0.305. The molecule has 4 N–H and O–H groups in total. The number of benzene rings is 1. The molecule has 2 saturated carbocycles. The van der Waals surface area contributed by atoms with Crippen molar-refractivity contribution in [3.8, 4) is 0 Å². The number of amides is 1. The van der Waals surface area contributed by atoms with Crippen molar-refractivity contribution >= 4 is 5.91 Å². The minimum atomic E-state index is -0.448. The van der Waals surface area contributed by atoms with Gasteiger partial charge in [-0.1, -0.05) is 44.2 Å². The van der Waals surface area contributed by atoms with Crippen LogP contribution in [0.1, 0.15) is 51.5 Å². The number of ether oxygens (including phenoxy) is 2. The van der Waals surface area contributed by atoms with Crippen LogP contribution in [0.25, 0.3) is 0 Å². The van der Waals surface area contributed by atoms with E-state index in [1.54, 1.807) is 0 Å². The van der Waals surface area contributed by atoms with Crippen molar-refractivity contribution in [3.05, 3.63) is 35.9 Å². The molecule has 30 heavy (non-hydrogen) atoms. The molecule has 1 aliphatic heterocycles. The number of hydrogen-bond donors (Lipinski definition) is 3. The van der Waals surface area contributed by atoms with Gasteiger partial charge in [-0.15, -0.1) is 0 Å². The molecular weight excluding hydrogens is 380 g/mol. The topological polar surface area (TPSA) is 93.8 Å². The van der Waals surface area contributed by atoms with E-state index in [9.17, 15) is 9.90 Å². The first-order valence-electron chi connectivity index (χ1n) is 11.3. The highest BCUT2D eigenvalue weighted by atomic mass is 16.7. The molecule has 7 unspecified atom stereocenters. The summed E-state index contributed by atoms with van der Waals surface area (Å²) in [6.07, 6.45) is 3.24. The van der Waals surface area contributed by atoms with Gasteiger partial charge in [0.15, 0.2) is 6.29 Å². The standard InChI is InChI=1S/C24H36N2O4/c1-23-11-10-20-24(2,15-29-22(13-25)30-20)19(23)9-8-18(27)17(23)12-21(28)26-14-16-6-4-3-5-7-16/h3-7,17-20,22,27H,8-15,25H2,1-2H3,(H,26,28). The molecule has 2 aliphatic carbocycles. The molecule has 7 atom stereocenters. The van der Waals surface area contributed by atoms with Crippen molar-refractivity contribution in [2.24, 2.45) is 28.4 Å². The fourth-order valence-corrected chi connectivity index (χ4v) is 6.48. The number of carbonyl (C=O) groups is 1. The molecule has 0 bridgehead atoms. The van der Waals surface area contributed by atoms with Crippen molar-refractivity contribution in [3.63, 3.8) is 0 Å². The van der Waals surface area contributed by atoms with Crippen LogP contribution in [0.15, 0.2) is 30.3 Å². The molecule has 1 amide bonds. The van der Waals surface area contributed by atoms with Crippen LogP contribution in [-0.2, 0) is 20.8 Å². The zero-order valence-electron chi connectivity index (χ0n) is 18.2. The van der Waals surface area contributed by atoms with Crippen molar-refractivity contribution in [1.29, 1.82) is 0 Å². The Hall–Kier alpha value is -1.47. The molecule has 1 saturated heterocycles. The lowest BCUT2D eigenvalue weighted by atomic mass is 9.46. The number of aliphatic hydroxyl groups is 1. The third-order valence-electron chi connectivity index (χ3n) is 8.16. The molecule has 3 fully saturated rings. The highest BCUT2D eigenvalue weighted by Crippen LogP contribution is 2.62. The van der Waals surface area contributed by atoms with Gasteiger partial charge in [0.1, 0.15) is 0 Å². The number of nitrogens with one attached hydrogen (secondary N) is 1. The average molecular weight is 417 g/mol. The number of fused-ring (bicyclic) bond motifs is 3. The van der Waals surface area contributed by atoms with Crippen LogP contribution in [-0.4, -0.2) is 42.7 Å². The van der Waals surface area contributed by atoms with Crippen LogP contribution in [0, 0.1) is 22.7 Å². The van der Waals surface area contributed by atoms with E-state index >= 15 is 0 Å². The maximum atomic E-state index is 12.8. The Morgan fingerprint density at radius 1 is 1.20 bits per heavy atom. The summed E-state index contributed by atoms with van der Waals surface area (Å²) in [5.41, 5.74) is 6.62. The highest BCUT2D eigenvalue weighted by molar-refractivity contribution is 5.76. The van der Waals surface area contributed by atoms with Gasteiger partial charge in [-0.05, 0) is 48.5 Å². The highest BCUT2D eigenvalue weighted by Gasteiger charge is 2.61. The maximum Gasteiger partial charge on any atom is 0.220 e. The zero-order chi connectivity index (χ0) is 21.4. The summed E-state index contributed by atoms with van der Waals surface area (Å²) in [7, 11) is 0. The summed E-state index contributed by atoms with van der Waals surface area (Å²) in [5.74, 6) is 0.297. The quantitative estimate of drug-likeness (QED) is 0.686. The second-order valence-corrected chi connectivity index (χ2v) is 9.92. The molecule has 1 aromatic carbocycles. The van der Waals surface area contributed by atoms with Crippen molar-refractivity contribution in [2.75, 3.05) is 13.2 Å². The summed E-state index contributed by atoms with van der Waals surface area (Å²) in [5, 5.41) is 14.0. The van der Waals surface area contributed by atoms with Gasteiger partial charge in [-0.3, -0.25) is 4.79 Å². The fraction of sp³-hybridized carbons (Fsp3) is 0.708. The summed E-state index contributed by atoms with van der Waals surface area (Å²) < 4.78 is 12.1. The van der Waals surface area contributed by atoms with Crippen LogP contribution in [0.4, 0.5) is 0 Å². The molecule has 1 aromatic rings.